The molecule has 102 valence electrons. The quantitative estimate of drug-likeness (QED) is 0.749. The Bertz CT molecular complexity index is 654. The van der Waals surface area contributed by atoms with Crippen molar-refractivity contribution in [2.24, 2.45) is 0 Å². The van der Waals surface area contributed by atoms with Crippen molar-refractivity contribution < 1.29 is 17.7 Å². The van der Waals surface area contributed by atoms with Gasteiger partial charge in [-0.15, -0.1) is 0 Å². The number of aromatic nitrogens is 2. The molecule has 0 unspecified atom stereocenters. The number of anilines is 1. The monoisotopic (exact) mass is 284 g/mol. The number of ether oxygens (including phenoxy) is 1. The lowest BCUT2D eigenvalue weighted by molar-refractivity contribution is 0.409. The number of hydrogen-bond acceptors (Lipinski definition) is 7. The molecule has 0 amide bonds. The van der Waals surface area contributed by atoms with E-state index in [9.17, 15) is 8.42 Å². The molecule has 0 spiro atoms. The smallest absolute Gasteiger partial charge is 0.241 e. The minimum atomic E-state index is -3.69. The van der Waals surface area contributed by atoms with Crippen LogP contribution in [0.5, 0.6) is 5.75 Å². The molecule has 0 aliphatic rings. The first kappa shape index (κ1) is 13.3. The predicted octanol–water partition coefficient (Wildman–Crippen LogP) is 0.139. The van der Waals surface area contributed by atoms with Gasteiger partial charge in [-0.25, -0.2) is 13.1 Å². The highest BCUT2D eigenvalue weighted by atomic mass is 32.2. The van der Waals surface area contributed by atoms with Crippen molar-refractivity contribution in [3.63, 3.8) is 0 Å². The van der Waals surface area contributed by atoms with Gasteiger partial charge in [0, 0.05) is 0 Å². The Morgan fingerprint density at radius 3 is 2.84 bits per heavy atom. The van der Waals surface area contributed by atoms with Crippen molar-refractivity contribution in [2.45, 2.75) is 11.4 Å². The Morgan fingerprint density at radius 1 is 1.47 bits per heavy atom. The fourth-order valence-corrected chi connectivity index (χ4v) is 2.41. The minimum Gasteiger partial charge on any atom is -0.495 e. The molecule has 0 atom stereocenters. The molecule has 2 rings (SSSR count). The molecular weight excluding hydrogens is 272 g/mol. The van der Waals surface area contributed by atoms with E-state index < -0.39 is 10.0 Å². The number of hydrogen-bond donors (Lipinski definition) is 2. The largest absolute Gasteiger partial charge is 0.495 e. The van der Waals surface area contributed by atoms with Crippen LogP contribution < -0.4 is 15.2 Å². The van der Waals surface area contributed by atoms with Crippen LogP contribution in [-0.4, -0.2) is 25.7 Å². The number of sulfonamides is 1. The summed E-state index contributed by atoms with van der Waals surface area (Å²) in [7, 11) is -2.24. The summed E-state index contributed by atoms with van der Waals surface area (Å²) in [5.74, 6) is 0.655. The lowest BCUT2D eigenvalue weighted by Gasteiger charge is -2.08. The maximum atomic E-state index is 12.0. The molecule has 0 saturated heterocycles. The predicted molar refractivity (Wildman–Crippen MR) is 65.7 cm³/mol. The second kappa shape index (κ2) is 5.24. The van der Waals surface area contributed by atoms with Gasteiger partial charge in [0.25, 0.3) is 0 Å². The number of nitrogen functional groups attached to an aromatic ring is 1. The number of nitrogens with two attached hydrogens (primary N) is 1. The molecule has 1 heterocycles. The Labute approximate surface area is 109 Å². The Morgan fingerprint density at radius 2 is 2.26 bits per heavy atom. The fraction of sp³-hybridized carbons (Fsp3) is 0.200. The van der Waals surface area contributed by atoms with Crippen molar-refractivity contribution in [3.05, 3.63) is 30.4 Å². The van der Waals surface area contributed by atoms with E-state index in [0.29, 0.717) is 5.75 Å². The van der Waals surface area contributed by atoms with Crippen LogP contribution in [0.25, 0.3) is 0 Å². The lowest BCUT2D eigenvalue weighted by atomic mass is 10.3. The molecule has 3 N–H and O–H groups in total. The summed E-state index contributed by atoms with van der Waals surface area (Å²) < 4.78 is 35.8. The topological polar surface area (TPSA) is 120 Å². The third-order valence-corrected chi connectivity index (χ3v) is 3.74. The standard InChI is InChI=1S/C10H12N4O4S/c1-17-9-3-2-7(4-8(9)11)19(15,16)13-5-10-12-6-18-14-10/h2-4,6,13H,5,11H2,1H3. The molecule has 0 radical (unpaired) electrons. The summed E-state index contributed by atoms with van der Waals surface area (Å²) in [6, 6.07) is 4.20. The van der Waals surface area contributed by atoms with E-state index in [4.69, 9.17) is 10.5 Å². The van der Waals surface area contributed by atoms with E-state index in [0.717, 1.165) is 6.39 Å². The van der Waals surface area contributed by atoms with Crippen LogP contribution in [0.2, 0.25) is 0 Å². The Hall–Kier alpha value is -2.13. The highest BCUT2D eigenvalue weighted by Gasteiger charge is 2.16. The van der Waals surface area contributed by atoms with Crippen LogP contribution in [0, 0.1) is 0 Å². The fourth-order valence-electron chi connectivity index (χ4n) is 1.39. The van der Waals surface area contributed by atoms with E-state index in [-0.39, 0.29) is 23.0 Å². The molecule has 2 aromatic rings. The second-order valence-electron chi connectivity index (χ2n) is 3.58. The highest BCUT2D eigenvalue weighted by molar-refractivity contribution is 7.89. The lowest BCUT2D eigenvalue weighted by Crippen LogP contribution is -2.23. The van der Waals surface area contributed by atoms with Gasteiger partial charge in [0.2, 0.25) is 16.4 Å². The van der Waals surface area contributed by atoms with E-state index in [2.05, 4.69) is 19.4 Å². The van der Waals surface area contributed by atoms with Gasteiger partial charge < -0.3 is 15.0 Å². The molecule has 1 aromatic carbocycles. The third kappa shape index (κ3) is 3.01. The second-order valence-corrected chi connectivity index (χ2v) is 5.34. The first-order valence-electron chi connectivity index (χ1n) is 5.21. The number of nitrogens with one attached hydrogen (secondary N) is 1. The summed E-state index contributed by atoms with van der Waals surface area (Å²) in [6.07, 6.45) is 1.12. The molecular formula is C10H12N4O4S. The average molecular weight is 284 g/mol. The van der Waals surface area contributed by atoms with Crippen LogP contribution in [0.3, 0.4) is 0 Å². The zero-order chi connectivity index (χ0) is 13.9. The minimum absolute atomic E-state index is 0.0364. The summed E-state index contributed by atoms with van der Waals surface area (Å²) >= 11 is 0. The van der Waals surface area contributed by atoms with Gasteiger partial charge in [0.1, 0.15) is 5.75 Å². The molecule has 9 heteroatoms. The Balaban J connectivity index is 2.17. The van der Waals surface area contributed by atoms with Crippen molar-refractivity contribution in [2.75, 3.05) is 12.8 Å². The number of benzene rings is 1. The average Bonchev–Trinajstić information content (AvgIpc) is 2.89. The molecule has 8 nitrogen and oxygen atoms in total. The summed E-state index contributed by atoms with van der Waals surface area (Å²) in [5.41, 5.74) is 5.90. The number of methoxy groups -OCH3 is 1. The molecule has 0 aliphatic carbocycles. The molecule has 0 saturated carbocycles. The van der Waals surface area contributed by atoms with Crippen molar-refractivity contribution in [3.8, 4) is 5.75 Å². The van der Waals surface area contributed by atoms with Gasteiger partial charge in [-0.3, -0.25) is 0 Å². The first-order chi connectivity index (χ1) is 9.03. The molecule has 0 fully saturated rings. The van der Waals surface area contributed by atoms with Crippen LogP contribution in [0.15, 0.2) is 34.0 Å². The molecule has 1 aromatic heterocycles. The number of rotatable bonds is 5. The number of nitrogens with zero attached hydrogens (tertiary/aromatic N) is 2. The zero-order valence-electron chi connectivity index (χ0n) is 10.0. The molecule has 0 bridgehead atoms. The Kier molecular flexibility index (Phi) is 3.67. The van der Waals surface area contributed by atoms with Crippen LogP contribution in [-0.2, 0) is 16.6 Å². The van der Waals surface area contributed by atoms with Gasteiger partial charge >= 0.3 is 0 Å². The highest BCUT2D eigenvalue weighted by Crippen LogP contribution is 2.24. The molecule has 19 heavy (non-hydrogen) atoms. The summed E-state index contributed by atoms with van der Waals surface area (Å²) in [6.45, 7) is -0.0647. The van der Waals surface area contributed by atoms with Gasteiger partial charge in [-0.2, -0.15) is 4.98 Å². The van der Waals surface area contributed by atoms with Gasteiger partial charge in [0.05, 0.1) is 24.2 Å². The SMILES string of the molecule is COc1ccc(S(=O)(=O)NCc2ncon2)cc1N. The first-order valence-corrected chi connectivity index (χ1v) is 6.69. The van der Waals surface area contributed by atoms with E-state index in [1.54, 1.807) is 0 Å². The van der Waals surface area contributed by atoms with E-state index in [1.165, 1.54) is 25.3 Å². The van der Waals surface area contributed by atoms with Crippen molar-refractivity contribution in [1.82, 2.24) is 14.9 Å². The van der Waals surface area contributed by atoms with Crippen LogP contribution >= 0.6 is 0 Å². The van der Waals surface area contributed by atoms with Gasteiger partial charge in [-0.1, -0.05) is 5.16 Å². The van der Waals surface area contributed by atoms with Crippen LogP contribution in [0.1, 0.15) is 5.82 Å². The summed E-state index contributed by atoms with van der Waals surface area (Å²) in [5, 5.41) is 3.50. The maximum absolute atomic E-state index is 12.0. The van der Waals surface area contributed by atoms with Crippen molar-refractivity contribution in [1.29, 1.82) is 0 Å². The van der Waals surface area contributed by atoms with E-state index >= 15 is 0 Å². The van der Waals surface area contributed by atoms with E-state index in [1.807, 2.05) is 0 Å². The van der Waals surface area contributed by atoms with Crippen LogP contribution in [0.4, 0.5) is 5.69 Å². The third-order valence-electron chi connectivity index (χ3n) is 2.34. The van der Waals surface area contributed by atoms with Crippen molar-refractivity contribution >= 4 is 15.7 Å². The maximum Gasteiger partial charge on any atom is 0.241 e. The summed E-state index contributed by atoms with van der Waals surface area (Å²) in [4.78, 5) is 3.74. The van der Waals surface area contributed by atoms with Gasteiger partial charge in [0.15, 0.2) is 5.82 Å². The molecule has 0 aliphatic heterocycles. The van der Waals surface area contributed by atoms with Gasteiger partial charge in [-0.05, 0) is 18.2 Å². The normalized spacial score (nSPS) is 11.4. The zero-order valence-corrected chi connectivity index (χ0v) is 10.8.